The lowest BCUT2D eigenvalue weighted by atomic mass is 10.3. The number of aryl methyl sites for hydroxylation is 1. The van der Waals surface area contributed by atoms with Gasteiger partial charge in [0, 0.05) is 6.42 Å². The number of hydrogen-bond donors (Lipinski definition) is 2. The smallest absolute Gasteiger partial charge is 0.330 e. The number of rotatable bonds is 4. The molecule has 0 spiro atoms. The number of hydrogen-bond acceptors (Lipinski definition) is 3. The number of aromatic amines is 1. The van der Waals surface area contributed by atoms with Gasteiger partial charge in [-0.15, -0.1) is 0 Å². The molecule has 5 nitrogen and oxygen atoms in total. The average Bonchev–Trinajstić information content (AvgIpc) is 2.83. The Morgan fingerprint density at radius 1 is 1.47 bits per heavy atom. The van der Waals surface area contributed by atoms with Gasteiger partial charge in [-0.2, -0.15) is 5.10 Å². The highest BCUT2D eigenvalue weighted by atomic mass is 16.2. The molecule has 3 N–H and O–H groups in total. The second-order valence-corrected chi connectivity index (χ2v) is 4.15. The molecular formula is C10H18N4O. The van der Waals surface area contributed by atoms with E-state index in [1.807, 2.05) is 0 Å². The van der Waals surface area contributed by atoms with Crippen LogP contribution in [0.5, 0.6) is 0 Å². The van der Waals surface area contributed by atoms with Gasteiger partial charge in [0.2, 0.25) is 0 Å². The largest absolute Gasteiger partial charge is 0.343 e. The van der Waals surface area contributed by atoms with Crippen molar-refractivity contribution in [2.24, 2.45) is 5.73 Å². The first-order valence-corrected chi connectivity index (χ1v) is 5.69. The van der Waals surface area contributed by atoms with E-state index in [2.05, 4.69) is 10.1 Å². The molecule has 1 aliphatic rings. The molecule has 1 fully saturated rings. The fourth-order valence-corrected chi connectivity index (χ4v) is 2.16. The van der Waals surface area contributed by atoms with E-state index in [-0.39, 0.29) is 5.69 Å². The molecule has 0 saturated heterocycles. The molecule has 1 aliphatic carbocycles. The second kappa shape index (κ2) is 4.61. The van der Waals surface area contributed by atoms with Crippen molar-refractivity contribution in [3.05, 3.63) is 16.3 Å². The van der Waals surface area contributed by atoms with Gasteiger partial charge in [-0.3, -0.25) is 4.98 Å². The minimum Gasteiger partial charge on any atom is -0.330 e. The number of nitrogens with zero attached hydrogens (tertiary/aromatic N) is 2. The molecule has 0 radical (unpaired) electrons. The lowest BCUT2D eigenvalue weighted by molar-refractivity contribution is 0.449. The van der Waals surface area contributed by atoms with Crippen molar-refractivity contribution in [2.75, 3.05) is 6.54 Å². The quantitative estimate of drug-likeness (QED) is 0.763. The van der Waals surface area contributed by atoms with Crippen molar-refractivity contribution in [3.8, 4) is 0 Å². The van der Waals surface area contributed by atoms with E-state index in [4.69, 9.17) is 5.73 Å². The molecule has 0 unspecified atom stereocenters. The monoisotopic (exact) mass is 210 g/mol. The summed E-state index contributed by atoms with van der Waals surface area (Å²) in [5, 5.41) is 4.32. The van der Waals surface area contributed by atoms with Crippen LogP contribution >= 0.6 is 0 Å². The van der Waals surface area contributed by atoms with E-state index in [1.165, 1.54) is 12.8 Å². The van der Waals surface area contributed by atoms with E-state index < -0.39 is 0 Å². The van der Waals surface area contributed by atoms with Gasteiger partial charge in [0.15, 0.2) is 0 Å². The maximum atomic E-state index is 11.6. The lowest BCUT2D eigenvalue weighted by Gasteiger charge is -2.06. The molecule has 0 amide bonds. The maximum Gasteiger partial charge on any atom is 0.343 e. The first kappa shape index (κ1) is 10.4. The molecule has 2 rings (SSSR count). The first-order valence-electron chi connectivity index (χ1n) is 5.69. The Morgan fingerprint density at radius 2 is 2.20 bits per heavy atom. The molecule has 15 heavy (non-hydrogen) atoms. The Bertz CT molecular complexity index is 362. The molecule has 1 aromatic rings. The normalized spacial score (nSPS) is 17.4. The molecule has 84 valence electrons. The van der Waals surface area contributed by atoms with Crippen molar-refractivity contribution < 1.29 is 0 Å². The highest BCUT2D eigenvalue weighted by molar-refractivity contribution is 4.85. The molecule has 1 aromatic heterocycles. The topological polar surface area (TPSA) is 76.7 Å². The Kier molecular flexibility index (Phi) is 3.20. The van der Waals surface area contributed by atoms with Crippen molar-refractivity contribution in [1.29, 1.82) is 0 Å². The molecule has 0 atom stereocenters. The minimum atomic E-state index is -0.0612. The van der Waals surface area contributed by atoms with Crippen LogP contribution in [-0.4, -0.2) is 21.3 Å². The summed E-state index contributed by atoms with van der Waals surface area (Å²) in [4.78, 5) is 14.4. The minimum absolute atomic E-state index is 0.0612. The molecule has 0 aromatic carbocycles. The standard InChI is InChI=1S/C10H18N4O/c11-7-3-6-9-12-10(15)14(13-9)8-4-1-2-5-8/h8H,1-7,11H2,(H,12,13,15). The molecule has 0 aliphatic heterocycles. The summed E-state index contributed by atoms with van der Waals surface area (Å²) in [6, 6.07) is 0.320. The fourth-order valence-electron chi connectivity index (χ4n) is 2.16. The Balaban J connectivity index is 2.10. The van der Waals surface area contributed by atoms with Gasteiger partial charge < -0.3 is 5.73 Å². The van der Waals surface area contributed by atoms with Crippen molar-refractivity contribution >= 4 is 0 Å². The second-order valence-electron chi connectivity index (χ2n) is 4.15. The Labute approximate surface area is 88.7 Å². The van der Waals surface area contributed by atoms with Crippen LogP contribution < -0.4 is 11.4 Å². The third-order valence-corrected chi connectivity index (χ3v) is 2.98. The van der Waals surface area contributed by atoms with E-state index in [9.17, 15) is 4.79 Å². The fraction of sp³-hybridized carbons (Fsp3) is 0.800. The first-order chi connectivity index (χ1) is 7.31. The third kappa shape index (κ3) is 2.28. The predicted molar refractivity (Wildman–Crippen MR) is 57.7 cm³/mol. The number of nitrogens with one attached hydrogen (secondary N) is 1. The van der Waals surface area contributed by atoms with Crippen LogP contribution in [0.3, 0.4) is 0 Å². The van der Waals surface area contributed by atoms with Crippen LogP contribution in [0.2, 0.25) is 0 Å². The summed E-state index contributed by atoms with van der Waals surface area (Å²) in [6.07, 6.45) is 6.23. The van der Waals surface area contributed by atoms with Crippen molar-refractivity contribution in [1.82, 2.24) is 14.8 Å². The summed E-state index contributed by atoms with van der Waals surface area (Å²) >= 11 is 0. The predicted octanol–water partition coefficient (Wildman–Crippen LogP) is 0.578. The van der Waals surface area contributed by atoms with E-state index in [1.54, 1.807) is 4.68 Å². The summed E-state index contributed by atoms with van der Waals surface area (Å²) in [6.45, 7) is 0.637. The maximum absolute atomic E-state index is 11.6. The van der Waals surface area contributed by atoms with Crippen molar-refractivity contribution in [3.63, 3.8) is 0 Å². The summed E-state index contributed by atoms with van der Waals surface area (Å²) in [5.74, 6) is 0.775. The zero-order valence-corrected chi connectivity index (χ0v) is 8.91. The Hall–Kier alpha value is -1.10. The highest BCUT2D eigenvalue weighted by Crippen LogP contribution is 2.27. The third-order valence-electron chi connectivity index (χ3n) is 2.98. The van der Waals surface area contributed by atoms with Crippen LogP contribution in [0, 0.1) is 0 Å². The SMILES string of the molecule is NCCCc1nn(C2CCCC2)c(=O)[nH]1. The van der Waals surface area contributed by atoms with E-state index in [0.29, 0.717) is 12.6 Å². The van der Waals surface area contributed by atoms with Gasteiger partial charge in [0.05, 0.1) is 6.04 Å². The zero-order valence-electron chi connectivity index (χ0n) is 8.91. The number of H-pyrrole nitrogens is 1. The number of aromatic nitrogens is 3. The van der Waals surface area contributed by atoms with Gasteiger partial charge in [0.25, 0.3) is 0 Å². The van der Waals surface area contributed by atoms with E-state index in [0.717, 1.165) is 31.5 Å². The van der Waals surface area contributed by atoms with Crippen LogP contribution in [0.4, 0.5) is 0 Å². The van der Waals surface area contributed by atoms with Crippen LogP contribution in [-0.2, 0) is 6.42 Å². The zero-order chi connectivity index (χ0) is 10.7. The van der Waals surface area contributed by atoms with Gasteiger partial charge >= 0.3 is 5.69 Å². The molecule has 0 bridgehead atoms. The summed E-state index contributed by atoms with van der Waals surface area (Å²) in [5.41, 5.74) is 5.36. The average molecular weight is 210 g/mol. The van der Waals surface area contributed by atoms with Gasteiger partial charge in [-0.05, 0) is 25.8 Å². The van der Waals surface area contributed by atoms with Gasteiger partial charge in [-0.25, -0.2) is 9.48 Å². The van der Waals surface area contributed by atoms with Crippen LogP contribution in [0.25, 0.3) is 0 Å². The highest BCUT2D eigenvalue weighted by Gasteiger charge is 2.20. The lowest BCUT2D eigenvalue weighted by Crippen LogP contribution is -2.21. The molecule has 1 saturated carbocycles. The van der Waals surface area contributed by atoms with Crippen LogP contribution in [0.15, 0.2) is 4.79 Å². The summed E-state index contributed by atoms with van der Waals surface area (Å²) < 4.78 is 1.62. The summed E-state index contributed by atoms with van der Waals surface area (Å²) in [7, 11) is 0. The van der Waals surface area contributed by atoms with Crippen molar-refractivity contribution in [2.45, 2.75) is 44.6 Å². The number of nitrogens with two attached hydrogens (primary N) is 1. The Morgan fingerprint density at radius 3 is 2.87 bits per heavy atom. The van der Waals surface area contributed by atoms with Gasteiger partial charge in [0.1, 0.15) is 5.82 Å². The van der Waals surface area contributed by atoms with Crippen LogP contribution in [0.1, 0.15) is 44.0 Å². The van der Waals surface area contributed by atoms with Gasteiger partial charge in [-0.1, -0.05) is 12.8 Å². The molecule has 5 heteroatoms. The molecule has 1 heterocycles. The van der Waals surface area contributed by atoms with E-state index >= 15 is 0 Å². The molecular weight excluding hydrogens is 192 g/mol.